The summed E-state index contributed by atoms with van der Waals surface area (Å²) in [4.78, 5) is 24.3. The molecule has 1 rings (SSSR count). The van der Waals surface area contributed by atoms with Crippen molar-refractivity contribution in [2.24, 2.45) is 0 Å². The Kier molecular flexibility index (Phi) is 4.75. The summed E-state index contributed by atoms with van der Waals surface area (Å²) in [6.07, 6.45) is 2.37. The average molecular weight is 212 g/mol. The minimum Gasteiger partial charge on any atom is -0.354 e. The standard InChI is InChI=1S/C11H20N2O2/c1-3-13-6-4-5-10(13)8-12-11(15)7-9(2)14/h10H,3-8H2,1-2H3,(H,12,15). The number of hydrogen-bond acceptors (Lipinski definition) is 3. The van der Waals surface area contributed by atoms with E-state index in [4.69, 9.17) is 0 Å². The van der Waals surface area contributed by atoms with Gasteiger partial charge in [-0.3, -0.25) is 14.5 Å². The van der Waals surface area contributed by atoms with Crippen LogP contribution in [-0.2, 0) is 9.59 Å². The van der Waals surface area contributed by atoms with Gasteiger partial charge in [-0.05, 0) is 32.9 Å². The number of carbonyl (C=O) groups is 2. The number of rotatable bonds is 5. The number of likely N-dealkylation sites (N-methyl/N-ethyl adjacent to an activating group) is 1. The van der Waals surface area contributed by atoms with Gasteiger partial charge in [0.2, 0.25) is 5.91 Å². The molecule has 15 heavy (non-hydrogen) atoms. The molecule has 1 aliphatic rings. The molecule has 0 aromatic heterocycles. The van der Waals surface area contributed by atoms with Crippen molar-refractivity contribution in [2.45, 2.75) is 39.2 Å². The van der Waals surface area contributed by atoms with Crippen LogP contribution in [0.2, 0.25) is 0 Å². The molecule has 1 atom stereocenters. The Labute approximate surface area is 91.0 Å². The maximum atomic E-state index is 11.3. The van der Waals surface area contributed by atoms with Crippen molar-refractivity contribution in [1.29, 1.82) is 0 Å². The van der Waals surface area contributed by atoms with Crippen LogP contribution in [0.3, 0.4) is 0 Å². The van der Waals surface area contributed by atoms with Crippen molar-refractivity contribution in [3.63, 3.8) is 0 Å². The third kappa shape index (κ3) is 4.00. The van der Waals surface area contributed by atoms with Gasteiger partial charge >= 0.3 is 0 Å². The second kappa shape index (κ2) is 5.85. The summed E-state index contributed by atoms with van der Waals surface area (Å²) >= 11 is 0. The lowest BCUT2D eigenvalue weighted by Gasteiger charge is -2.22. The molecule has 4 heteroatoms. The molecule has 1 aliphatic heterocycles. The molecule has 0 bridgehead atoms. The molecule has 0 aromatic carbocycles. The van der Waals surface area contributed by atoms with Crippen molar-refractivity contribution in [1.82, 2.24) is 10.2 Å². The number of Topliss-reactive ketones (excluding diaryl/α,β-unsaturated/α-hetero) is 1. The number of nitrogens with zero attached hydrogens (tertiary/aromatic N) is 1. The first-order valence-electron chi connectivity index (χ1n) is 5.63. The van der Waals surface area contributed by atoms with Crippen LogP contribution in [-0.4, -0.2) is 42.3 Å². The molecule has 1 heterocycles. The van der Waals surface area contributed by atoms with Gasteiger partial charge in [-0.2, -0.15) is 0 Å². The highest BCUT2D eigenvalue weighted by atomic mass is 16.2. The van der Waals surface area contributed by atoms with Gasteiger partial charge in [0.1, 0.15) is 5.78 Å². The van der Waals surface area contributed by atoms with Crippen LogP contribution in [0.25, 0.3) is 0 Å². The fourth-order valence-electron chi connectivity index (χ4n) is 2.06. The summed E-state index contributed by atoms with van der Waals surface area (Å²) in [7, 11) is 0. The fraction of sp³-hybridized carbons (Fsp3) is 0.818. The van der Waals surface area contributed by atoms with E-state index in [1.807, 2.05) is 0 Å². The number of amides is 1. The molecule has 0 radical (unpaired) electrons. The molecule has 86 valence electrons. The van der Waals surface area contributed by atoms with Gasteiger partial charge < -0.3 is 5.32 Å². The van der Waals surface area contributed by atoms with Crippen LogP contribution in [0, 0.1) is 0 Å². The smallest absolute Gasteiger partial charge is 0.227 e. The van der Waals surface area contributed by atoms with E-state index in [2.05, 4.69) is 17.1 Å². The minimum atomic E-state index is -0.148. The molecule has 0 saturated carbocycles. The van der Waals surface area contributed by atoms with Crippen molar-refractivity contribution < 1.29 is 9.59 Å². The van der Waals surface area contributed by atoms with E-state index < -0.39 is 0 Å². The zero-order valence-electron chi connectivity index (χ0n) is 9.58. The maximum absolute atomic E-state index is 11.3. The lowest BCUT2D eigenvalue weighted by molar-refractivity contribution is -0.127. The Morgan fingerprint density at radius 1 is 1.47 bits per heavy atom. The Morgan fingerprint density at radius 3 is 2.80 bits per heavy atom. The molecule has 1 fully saturated rings. The number of nitrogens with one attached hydrogen (secondary N) is 1. The van der Waals surface area contributed by atoms with Gasteiger partial charge in [-0.25, -0.2) is 0 Å². The zero-order chi connectivity index (χ0) is 11.3. The highest BCUT2D eigenvalue weighted by Gasteiger charge is 2.23. The van der Waals surface area contributed by atoms with Crippen molar-refractivity contribution in [3.05, 3.63) is 0 Å². The molecule has 0 aromatic rings. The quantitative estimate of drug-likeness (QED) is 0.678. The SMILES string of the molecule is CCN1CCCC1CNC(=O)CC(C)=O. The Balaban J connectivity index is 2.24. The van der Waals surface area contributed by atoms with E-state index in [-0.39, 0.29) is 18.1 Å². The topological polar surface area (TPSA) is 49.4 Å². The molecule has 1 amide bonds. The maximum Gasteiger partial charge on any atom is 0.227 e. The van der Waals surface area contributed by atoms with Gasteiger partial charge in [-0.15, -0.1) is 0 Å². The Bertz CT molecular complexity index is 241. The van der Waals surface area contributed by atoms with E-state index in [9.17, 15) is 9.59 Å². The van der Waals surface area contributed by atoms with E-state index in [1.54, 1.807) is 0 Å². The van der Waals surface area contributed by atoms with Crippen molar-refractivity contribution >= 4 is 11.7 Å². The first-order chi connectivity index (χ1) is 7.13. The summed E-state index contributed by atoms with van der Waals surface area (Å²) < 4.78 is 0. The van der Waals surface area contributed by atoms with Gasteiger partial charge in [0.15, 0.2) is 0 Å². The van der Waals surface area contributed by atoms with Crippen molar-refractivity contribution in [3.8, 4) is 0 Å². The molecule has 1 saturated heterocycles. The number of ketones is 1. The van der Waals surface area contributed by atoms with Crippen LogP contribution < -0.4 is 5.32 Å². The summed E-state index contributed by atoms with van der Waals surface area (Å²) in [6, 6.07) is 0.464. The molecular weight excluding hydrogens is 192 g/mol. The normalized spacial score (nSPS) is 21.6. The molecule has 1 N–H and O–H groups in total. The van der Waals surface area contributed by atoms with E-state index in [0.29, 0.717) is 12.6 Å². The van der Waals surface area contributed by atoms with E-state index in [0.717, 1.165) is 19.5 Å². The van der Waals surface area contributed by atoms with Crippen LogP contribution in [0.4, 0.5) is 0 Å². The Hall–Kier alpha value is -0.900. The van der Waals surface area contributed by atoms with E-state index >= 15 is 0 Å². The lowest BCUT2D eigenvalue weighted by Crippen LogP contribution is -2.40. The molecule has 1 unspecified atom stereocenters. The summed E-state index contributed by atoms with van der Waals surface area (Å²) in [5.41, 5.74) is 0. The predicted molar refractivity (Wildman–Crippen MR) is 58.6 cm³/mol. The predicted octanol–water partition coefficient (Wildman–Crippen LogP) is 0.566. The largest absolute Gasteiger partial charge is 0.354 e. The highest BCUT2D eigenvalue weighted by molar-refractivity contribution is 5.96. The summed E-state index contributed by atoms with van der Waals surface area (Å²) in [5, 5.41) is 2.82. The highest BCUT2D eigenvalue weighted by Crippen LogP contribution is 2.15. The lowest BCUT2D eigenvalue weighted by atomic mass is 10.2. The average Bonchev–Trinajstić information content (AvgIpc) is 2.60. The Morgan fingerprint density at radius 2 is 2.20 bits per heavy atom. The van der Waals surface area contributed by atoms with Crippen LogP contribution in [0.1, 0.15) is 33.1 Å². The van der Waals surface area contributed by atoms with Crippen LogP contribution >= 0.6 is 0 Å². The molecule has 4 nitrogen and oxygen atoms in total. The monoisotopic (exact) mass is 212 g/mol. The van der Waals surface area contributed by atoms with Gasteiger partial charge in [0, 0.05) is 12.6 Å². The van der Waals surface area contributed by atoms with Gasteiger partial charge in [0.25, 0.3) is 0 Å². The fourth-order valence-corrected chi connectivity index (χ4v) is 2.06. The summed E-state index contributed by atoms with van der Waals surface area (Å²) in [5.74, 6) is -0.225. The number of carbonyl (C=O) groups excluding carboxylic acids is 2. The second-order valence-electron chi connectivity index (χ2n) is 4.11. The third-order valence-corrected chi connectivity index (χ3v) is 2.85. The number of hydrogen-bond donors (Lipinski definition) is 1. The molecule has 0 spiro atoms. The summed E-state index contributed by atoms with van der Waals surface area (Å²) in [6.45, 7) is 6.42. The van der Waals surface area contributed by atoms with Crippen LogP contribution in [0.15, 0.2) is 0 Å². The first-order valence-corrected chi connectivity index (χ1v) is 5.63. The second-order valence-corrected chi connectivity index (χ2v) is 4.11. The van der Waals surface area contributed by atoms with Gasteiger partial charge in [0.05, 0.1) is 6.42 Å². The third-order valence-electron chi connectivity index (χ3n) is 2.85. The first kappa shape index (κ1) is 12.2. The molecule has 0 aliphatic carbocycles. The minimum absolute atomic E-state index is 0.0127. The zero-order valence-corrected chi connectivity index (χ0v) is 9.58. The number of likely N-dealkylation sites (tertiary alicyclic amines) is 1. The van der Waals surface area contributed by atoms with Crippen LogP contribution in [0.5, 0.6) is 0 Å². The van der Waals surface area contributed by atoms with E-state index in [1.165, 1.54) is 13.3 Å². The van der Waals surface area contributed by atoms with Gasteiger partial charge in [-0.1, -0.05) is 6.92 Å². The van der Waals surface area contributed by atoms with Crippen molar-refractivity contribution in [2.75, 3.05) is 19.6 Å². The molecular formula is C11H20N2O2.